The van der Waals surface area contributed by atoms with Crippen molar-refractivity contribution in [3.8, 4) is 5.75 Å². The van der Waals surface area contributed by atoms with E-state index < -0.39 is 0 Å². The SMILES string of the molecule is COc1ccc(C)c2c(C(=O)CNC3CC3)cn(C)c12. The maximum atomic E-state index is 12.4. The summed E-state index contributed by atoms with van der Waals surface area (Å²) in [4.78, 5) is 12.4. The molecule has 1 fully saturated rings. The molecule has 1 aliphatic carbocycles. The highest BCUT2D eigenvalue weighted by Gasteiger charge is 2.23. The number of methoxy groups -OCH3 is 1. The number of ether oxygens (including phenoxy) is 1. The molecule has 0 atom stereocenters. The van der Waals surface area contributed by atoms with Gasteiger partial charge in [0.05, 0.1) is 19.2 Å². The lowest BCUT2D eigenvalue weighted by Gasteiger charge is -2.07. The number of benzene rings is 1. The molecule has 1 aromatic carbocycles. The summed E-state index contributed by atoms with van der Waals surface area (Å²) in [6, 6.07) is 4.50. The monoisotopic (exact) mass is 272 g/mol. The number of aryl methyl sites for hydroxylation is 2. The highest BCUT2D eigenvalue weighted by atomic mass is 16.5. The Labute approximate surface area is 118 Å². The number of nitrogens with zero attached hydrogens (tertiary/aromatic N) is 1. The fourth-order valence-electron chi connectivity index (χ4n) is 2.68. The molecule has 0 saturated heterocycles. The van der Waals surface area contributed by atoms with E-state index in [9.17, 15) is 4.79 Å². The van der Waals surface area contributed by atoms with Crippen molar-refractivity contribution in [3.05, 3.63) is 29.5 Å². The van der Waals surface area contributed by atoms with Crippen LogP contribution in [0.2, 0.25) is 0 Å². The van der Waals surface area contributed by atoms with Crippen molar-refractivity contribution in [2.45, 2.75) is 25.8 Å². The first-order chi connectivity index (χ1) is 9.61. The molecular formula is C16H20N2O2. The van der Waals surface area contributed by atoms with Crippen LogP contribution in [-0.2, 0) is 7.05 Å². The van der Waals surface area contributed by atoms with Crippen LogP contribution in [-0.4, -0.2) is 30.0 Å². The summed E-state index contributed by atoms with van der Waals surface area (Å²) in [6.45, 7) is 2.45. The normalized spacial score (nSPS) is 14.8. The van der Waals surface area contributed by atoms with E-state index in [1.165, 1.54) is 12.8 Å². The van der Waals surface area contributed by atoms with Gasteiger partial charge in [-0.25, -0.2) is 0 Å². The highest BCUT2D eigenvalue weighted by Crippen LogP contribution is 2.32. The second-order valence-corrected chi connectivity index (χ2v) is 5.54. The average Bonchev–Trinajstić information content (AvgIpc) is 3.20. The number of carbonyl (C=O) groups excluding carboxylic acids is 1. The standard InChI is InChI=1S/C16H20N2O2/c1-10-4-7-14(20-3)16-15(10)12(9-18(16)2)13(19)8-17-11-5-6-11/h4,7,9,11,17H,5-6,8H2,1-3H3. The van der Waals surface area contributed by atoms with Gasteiger partial charge in [0.1, 0.15) is 5.75 Å². The number of nitrogens with one attached hydrogen (secondary N) is 1. The number of hydrogen-bond donors (Lipinski definition) is 1. The first kappa shape index (κ1) is 13.2. The summed E-state index contributed by atoms with van der Waals surface area (Å²) in [5, 5.41) is 4.30. The minimum Gasteiger partial charge on any atom is -0.495 e. The topological polar surface area (TPSA) is 43.3 Å². The van der Waals surface area contributed by atoms with Crippen LogP contribution in [0.1, 0.15) is 28.8 Å². The highest BCUT2D eigenvalue weighted by molar-refractivity contribution is 6.11. The molecule has 4 heteroatoms. The summed E-state index contributed by atoms with van der Waals surface area (Å²) in [7, 11) is 3.61. The smallest absolute Gasteiger partial charge is 0.178 e. The van der Waals surface area contributed by atoms with Crippen molar-refractivity contribution < 1.29 is 9.53 Å². The fourth-order valence-corrected chi connectivity index (χ4v) is 2.68. The largest absolute Gasteiger partial charge is 0.495 e. The Hall–Kier alpha value is -1.81. The number of fused-ring (bicyclic) bond motifs is 1. The minimum atomic E-state index is 0.152. The number of hydrogen-bond acceptors (Lipinski definition) is 3. The van der Waals surface area contributed by atoms with Crippen LogP contribution in [0.3, 0.4) is 0 Å². The minimum absolute atomic E-state index is 0.152. The van der Waals surface area contributed by atoms with Gasteiger partial charge in [-0.1, -0.05) is 6.07 Å². The first-order valence-corrected chi connectivity index (χ1v) is 7.01. The Morgan fingerprint density at radius 2 is 2.20 bits per heavy atom. The van der Waals surface area contributed by atoms with Crippen LogP contribution in [0.25, 0.3) is 10.9 Å². The Balaban J connectivity index is 2.04. The molecule has 1 N–H and O–H groups in total. The third-order valence-corrected chi connectivity index (χ3v) is 3.94. The molecular weight excluding hydrogens is 252 g/mol. The lowest BCUT2D eigenvalue weighted by molar-refractivity contribution is 0.0992. The Morgan fingerprint density at radius 3 is 2.85 bits per heavy atom. The van der Waals surface area contributed by atoms with Crippen LogP contribution < -0.4 is 10.1 Å². The predicted molar refractivity (Wildman–Crippen MR) is 79.6 cm³/mol. The van der Waals surface area contributed by atoms with Gasteiger partial charge in [-0.2, -0.15) is 0 Å². The molecule has 20 heavy (non-hydrogen) atoms. The zero-order chi connectivity index (χ0) is 14.3. The number of rotatable bonds is 5. The zero-order valence-corrected chi connectivity index (χ0v) is 12.2. The van der Waals surface area contributed by atoms with Crippen molar-refractivity contribution in [2.24, 2.45) is 7.05 Å². The Kier molecular flexibility index (Phi) is 3.26. The number of aromatic nitrogens is 1. The number of carbonyl (C=O) groups is 1. The maximum Gasteiger partial charge on any atom is 0.178 e. The fraction of sp³-hybridized carbons (Fsp3) is 0.438. The summed E-state index contributed by atoms with van der Waals surface area (Å²) in [5.74, 6) is 0.959. The van der Waals surface area contributed by atoms with E-state index >= 15 is 0 Å². The third-order valence-electron chi connectivity index (χ3n) is 3.94. The van der Waals surface area contributed by atoms with Crippen molar-refractivity contribution in [1.82, 2.24) is 9.88 Å². The molecule has 1 saturated carbocycles. The van der Waals surface area contributed by atoms with E-state index in [0.717, 1.165) is 27.8 Å². The molecule has 0 amide bonds. The molecule has 0 bridgehead atoms. The molecule has 0 radical (unpaired) electrons. The van der Waals surface area contributed by atoms with E-state index in [-0.39, 0.29) is 5.78 Å². The van der Waals surface area contributed by atoms with E-state index in [2.05, 4.69) is 5.32 Å². The molecule has 0 unspecified atom stereocenters. The summed E-state index contributed by atoms with van der Waals surface area (Å²) in [6.07, 6.45) is 4.29. The zero-order valence-electron chi connectivity index (χ0n) is 12.2. The lowest BCUT2D eigenvalue weighted by Crippen LogP contribution is -2.24. The van der Waals surface area contributed by atoms with Gasteiger partial charge >= 0.3 is 0 Å². The third kappa shape index (κ3) is 2.20. The summed E-state index contributed by atoms with van der Waals surface area (Å²) < 4.78 is 7.39. The van der Waals surface area contributed by atoms with Gasteiger partial charge in [0.2, 0.25) is 0 Å². The van der Waals surface area contributed by atoms with E-state index in [4.69, 9.17) is 4.74 Å². The summed E-state index contributed by atoms with van der Waals surface area (Å²) in [5.41, 5.74) is 2.88. The second-order valence-electron chi connectivity index (χ2n) is 5.54. The molecule has 0 spiro atoms. The van der Waals surface area contributed by atoms with Gasteiger partial charge in [0, 0.05) is 30.2 Å². The quantitative estimate of drug-likeness (QED) is 0.850. The van der Waals surface area contributed by atoms with E-state index in [0.29, 0.717) is 12.6 Å². The predicted octanol–water partition coefficient (Wildman–Crippen LogP) is 2.43. The molecule has 1 aromatic heterocycles. The number of Topliss-reactive ketones (excluding diaryl/α,β-unsaturated/α-hetero) is 1. The number of ketones is 1. The first-order valence-electron chi connectivity index (χ1n) is 7.01. The van der Waals surface area contributed by atoms with E-state index in [1.54, 1.807) is 7.11 Å². The van der Waals surface area contributed by atoms with Crippen LogP contribution in [0.5, 0.6) is 5.75 Å². The van der Waals surface area contributed by atoms with Gasteiger partial charge in [-0.15, -0.1) is 0 Å². The van der Waals surface area contributed by atoms with Gasteiger partial charge < -0.3 is 14.6 Å². The van der Waals surface area contributed by atoms with Crippen LogP contribution >= 0.6 is 0 Å². The Bertz CT molecular complexity index is 669. The Morgan fingerprint density at radius 1 is 1.45 bits per heavy atom. The van der Waals surface area contributed by atoms with Crippen molar-refractivity contribution in [1.29, 1.82) is 0 Å². The van der Waals surface area contributed by atoms with Crippen molar-refractivity contribution in [3.63, 3.8) is 0 Å². The molecule has 1 heterocycles. The average molecular weight is 272 g/mol. The van der Waals surface area contributed by atoms with Crippen molar-refractivity contribution >= 4 is 16.7 Å². The van der Waals surface area contributed by atoms with Crippen molar-refractivity contribution in [2.75, 3.05) is 13.7 Å². The maximum absolute atomic E-state index is 12.4. The van der Waals surface area contributed by atoms with Crippen LogP contribution in [0.15, 0.2) is 18.3 Å². The molecule has 0 aliphatic heterocycles. The molecule has 2 aromatic rings. The van der Waals surface area contributed by atoms with Crippen LogP contribution in [0.4, 0.5) is 0 Å². The van der Waals surface area contributed by atoms with Crippen LogP contribution in [0, 0.1) is 6.92 Å². The van der Waals surface area contributed by atoms with Gasteiger partial charge in [-0.3, -0.25) is 4.79 Å². The second kappa shape index (κ2) is 4.94. The van der Waals surface area contributed by atoms with E-state index in [1.807, 2.05) is 36.9 Å². The molecule has 4 nitrogen and oxygen atoms in total. The van der Waals surface area contributed by atoms with Gasteiger partial charge in [0.25, 0.3) is 0 Å². The molecule has 3 rings (SSSR count). The molecule has 1 aliphatic rings. The molecule has 106 valence electrons. The van der Waals surface area contributed by atoms with Gasteiger partial charge in [-0.05, 0) is 31.4 Å². The lowest BCUT2D eigenvalue weighted by atomic mass is 10.0. The summed E-state index contributed by atoms with van der Waals surface area (Å²) >= 11 is 0. The van der Waals surface area contributed by atoms with Gasteiger partial charge in [0.15, 0.2) is 5.78 Å².